The Kier molecular flexibility index (Phi) is 5.38. The number of aryl methyl sites for hydroxylation is 1. The maximum absolute atomic E-state index is 15.1. The lowest BCUT2D eigenvalue weighted by atomic mass is 9.72. The zero-order chi connectivity index (χ0) is 22.3. The molecule has 0 saturated carbocycles. The number of nitrogens with two attached hydrogens (primary N) is 1. The largest absolute Gasteiger partial charge is 0.436 e. The number of halogens is 2. The van der Waals surface area contributed by atoms with Crippen molar-refractivity contribution in [1.82, 2.24) is 9.88 Å². The second kappa shape index (κ2) is 7.88. The molecule has 1 fully saturated rings. The van der Waals surface area contributed by atoms with Gasteiger partial charge in [0.2, 0.25) is 11.8 Å². The van der Waals surface area contributed by atoms with E-state index >= 15 is 4.39 Å². The summed E-state index contributed by atoms with van der Waals surface area (Å²) in [5, 5.41) is 0. The van der Waals surface area contributed by atoms with Gasteiger partial charge in [0.05, 0.1) is 18.6 Å². The normalized spacial score (nSPS) is 25.8. The average Bonchev–Trinajstić information content (AvgIpc) is 2.74. The molecule has 1 amide bonds. The summed E-state index contributed by atoms with van der Waals surface area (Å²) in [4.78, 5) is 22.9. The Bertz CT molecular complexity index is 1060. The number of fused-ring (bicyclic) bond motifs is 1. The topological polar surface area (TPSA) is 90.0 Å². The number of amides is 1. The van der Waals surface area contributed by atoms with E-state index in [0.717, 1.165) is 11.6 Å². The predicted molar refractivity (Wildman–Crippen MR) is 110 cm³/mol. The molecule has 3 atom stereocenters. The Balaban J connectivity index is 1.83. The van der Waals surface area contributed by atoms with Gasteiger partial charge in [0, 0.05) is 30.9 Å². The highest BCUT2D eigenvalue weighted by molar-refractivity contribution is 6.00. The summed E-state index contributed by atoms with van der Waals surface area (Å²) in [6, 6.07) is 5.36. The quantitative estimate of drug-likeness (QED) is 0.804. The van der Waals surface area contributed by atoms with Gasteiger partial charge < -0.3 is 15.2 Å². The van der Waals surface area contributed by atoms with E-state index in [2.05, 4.69) is 9.98 Å². The van der Waals surface area contributed by atoms with Crippen LogP contribution in [-0.4, -0.2) is 41.5 Å². The molecule has 0 radical (unpaired) electrons. The summed E-state index contributed by atoms with van der Waals surface area (Å²) in [7, 11) is 1.53. The van der Waals surface area contributed by atoms with Crippen molar-refractivity contribution < 1.29 is 23.0 Å². The lowest BCUT2D eigenvalue weighted by molar-refractivity contribution is -0.145. The van der Waals surface area contributed by atoms with Gasteiger partial charge in [0.25, 0.3) is 0 Å². The minimum atomic E-state index is -1.41. The molecular weight excluding hydrogens is 406 g/mol. The Morgan fingerprint density at radius 2 is 2.10 bits per heavy atom. The Morgan fingerprint density at radius 1 is 1.32 bits per heavy atom. The van der Waals surface area contributed by atoms with Crippen molar-refractivity contribution in [2.45, 2.75) is 38.3 Å². The smallest absolute Gasteiger partial charge is 0.235 e. The van der Waals surface area contributed by atoms with Crippen molar-refractivity contribution in [2.75, 3.05) is 13.7 Å². The number of nitrogens with zero attached hydrogens (tertiary/aromatic N) is 3. The fourth-order valence-electron chi connectivity index (χ4n) is 4.14. The van der Waals surface area contributed by atoms with Gasteiger partial charge in [-0.1, -0.05) is 6.92 Å². The molecule has 2 aliphatic heterocycles. The Morgan fingerprint density at radius 3 is 2.81 bits per heavy atom. The van der Waals surface area contributed by atoms with Crippen LogP contribution in [0.1, 0.15) is 30.9 Å². The molecule has 0 bridgehead atoms. The summed E-state index contributed by atoms with van der Waals surface area (Å²) in [5.41, 5.74) is 5.45. The number of aromatic nitrogens is 1. The minimum Gasteiger partial charge on any atom is -0.436 e. The van der Waals surface area contributed by atoms with Crippen molar-refractivity contribution in [3.63, 3.8) is 0 Å². The third-order valence-corrected chi connectivity index (χ3v) is 5.95. The molecule has 0 unspecified atom stereocenters. The van der Waals surface area contributed by atoms with Gasteiger partial charge in [-0.3, -0.25) is 9.69 Å². The summed E-state index contributed by atoms with van der Waals surface area (Å²) in [6.45, 7) is 3.74. The van der Waals surface area contributed by atoms with Crippen LogP contribution < -0.4 is 10.5 Å². The predicted octanol–water partition coefficient (Wildman–Crippen LogP) is 3.26. The molecule has 164 valence electrons. The third-order valence-electron chi connectivity index (χ3n) is 5.95. The second-order valence-corrected chi connectivity index (χ2v) is 7.96. The van der Waals surface area contributed by atoms with Crippen molar-refractivity contribution in [3.8, 4) is 11.6 Å². The first-order chi connectivity index (χ1) is 14.7. The molecule has 2 aromatic rings. The number of carbonyl (C=O) groups excluding carboxylic acids is 1. The van der Waals surface area contributed by atoms with Crippen molar-refractivity contribution in [1.29, 1.82) is 0 Å². The van der Waals surface area contributed by atoms with Crippen molar-refractivity contribution >= 4 is 11.9 Å². The molecule has 2 aliphatic rings. The van der Waals surface area contributed by atoms with Gasteiger partial charge in [-0.05, 0) is 37.5 Å². The van der Waals surface area contributed by atoms with E-state index < -0.39 is 23.1 Å². The van der Waals surface area contributed by atoms with Crippen LogP contribution in [0, 0.1) is 24.5 Å². The fraction of sp³-hybridized carbons (Fsp3) is 0.409. The van der Waals surface area contributed by atoms with E-state index in [1.807, 2.05) is 13.8 Å². The van der Waals surface area contributed by atoms with Crippen LogP contribution in [0.4, 0.5) is 8.78 Å². The molecule has 3 heterocycles. The van der Waals surface area contributed by atoms with Gasteiger partial charge in [0.15, 0.2) is 17.5 Å². The lowest BCUT2D eigenvalue weighted by Crippen LogP contribution is -2.59. The number of carbonyl (C=O) groups is 1. The molecule has 0 aliphatic carbocycles. The van der Waals surface area contributed by atoms with Crippen LogP contribution >= 0.6 is 0 Å². The highest BCUT2D eigenvalue weighted by Gasteiger charge is 2.54. The molecule has 1 aromatic heterocycles. The van der Waals surface area contributed by atoms with Gasteiger partial charge in [-0.2, -0.15) is 0 Å². The molecule has 9 heteroatoms. The number of hydrogen-bond acceptors (Lipinski definition) is 6. The summed E-state index contributed by atoms with van der Waals surface area (Å²) in [5.74, 6) is -2.82. The number of aliphatic imine (C=N–C) groups is 1. The number of ether oxygens (including phenoxy) is 2. The number of pyridine rings is 1. The molecule has 31 heavy (non-hydrogen) atoms. The van der Waals surface area contributed by atoms with E-state index in [9.17, 15) is 9.18 Å². The van der Waals surface area contributed by atoms with Crippen LogP contribution in [-0.2, 0) is 15.1 Å². The molecule has 4 rings (SSSR count). The first kappa shape index (κ1) is 21.2. The standard InChI is InChI=1S/C22H24F2N4O3/c1-4-13-8-15-20(29)28(3)21(25)27-22(15,11-30-13)14-9-18(17(24)10-16(14)23)31-19-7-12(2)5-6-26-19/h5-7,9-10,13,15H,4,8,11H2,1-3H3,(H2,25,27)/t13-,15-,22+/m0/s1. The molecule has 2 N–H and O–H groups in total. The van der Waals surface area contributed by atoms with Crippen molar-refractivity contribution in [3.05, 3.63) is 53.2 Å². The van der Waals surface area contributed by atoms with E-state index in [0.29, 0.717) is 12.8 Å². The summed E-state index contributed by atoms with van der Waals surface area (Å²) < 4.78 is 41.2. The summed E-state index contributed by atoms with van der Waals surface area (Å²) in [6.07, 6.45) is 2.41. The first-order valence-corrected chi connectivity index (χ1v) is 10.1. The number of hydrogen-bond donors (Lipinski definition) is 1. The number of guanidine groups is 1. The van der Waals surface area contributed by atoms with E-state index in [4.69, 9.17) is 15.2 Å². The van der Waals surface area contributed by atoms with Crippen LogP contribution in [0.2, 0.25) is 0 Å². The molecule has 7 nitrogen and oxygen atoms in total. The van der Waals surface area contributed by atoms with Crippen LogP contribution in [0.5, 0.6) is 11.6 Å². The molecule has 1 saturated heterocycles. The molecular formula is C22H24F2N4O3. The zero-order valence-electron chi connectivity index (χ0n) is 17.6. The maximum Gasteiger partial charge on any atom is 0.235 e. The van der Waals surface area contributed by atoms with E-state index in [1.54, 1.807) is 12.1 Å². The SMILES string of the molecule is CC[C@H]1C[C@H]2C(=O)N(C)C(N)=N[C@@]2(c2cc(Oc3cc(C)ccn3)c(F)cc2F)CO1. The highest BCUT2D eigenvalue weighted by atomic mass is 19.1. The van der Waals surface area contributed by atoms with Gasteiger partial charge >= 0.3 is 0 Å². The van der Waals surface area contributed by atoms with Crippen LogP contribution in [0.15, 0.2) is 35.5 Å². The van der Waals surface area contributed by atoms with Gasteiger partial charge in [-0.25, -0.2) is 18.8 Å². The average molecular weight is 430 g/mol. The fourth-order valence-corrected chi connectivity index (χ4v) is 4.14. The zero-order valence-corrected chi connectivity index (χ0v) is 17.6. The highest BCUT2D eigenvalue weighted by Crippen LogP contribution is 2.47. The monoisotopic (exact) mass is 430 g/mol. The Labute approximate surface area is 178 Å². The maximum atomic E-state index is 15.1. The number of benzene rings is 1. The van der Waals surface area contributed by atoms with E-state index in [1.165, 1.54) is 24.2 Å². The first-order valence-electron chi connectivity index (χ1n) is 10.1. The van der Waals surface area contributed by atoms with Crippen LogP contribution in [0.3, 0.4) is 0 Å². The minimum absolute atomic E-state index is 0.000469. The molecule has 0 spiro atoms. The molecule has 1 aromatic carbocycles. The third kappa shape index (κ3) is 3.63. The Hall–Kier alpha value is -3.07. The second-order valence-electron chi connectivity index (χ2n) is 7.96. The lowest BCUT2D eigenvalue weighted by Gasteiger charge is -2.47. The van der Waals surface area contributed by atoms with Gasteiger partial charge in [0.1, 0.15) is 11.4 Å². The van der Waals surface area contributed by atoms with Crippen molar-refractivity contribution in [2.24, 2.45) is 16.6 Å². The van der Waals surface area contributed by atoms with Gasteiger partial charge in [-0.15, -0.1) is 0 Å². The summed E-state index contributed by atoms with van der Waals surface area (Å²) >= 11 is 0. The van der Waals surface area contributed by atoms with E-state index in [-0.39, 0.29) is 41.8 Å². The van der Waals surface area contributed by atoms with Crippen LogP contribution in [0.25, 0.3) is 0 Å². The number of rotatable bonds is 4.